The number of aromatic nitrogens is 2. The number of aryl methyl sites for hydroxylation is 1. The van der Waals surface area contributed by atoms with Gasteiger partial charge in [-0.05, 0) is 18.6 Å². The van der Waals surface area contributed by atoms with Crippen LogP contribution in [0.4, 0.5) is 11.5 Å². The van der Waals surface area contributed by atoms with Crippen LogP contribution in [0.15, 0.2) is 30.5 Å². The number of hydrogen-bond donors (Lipinski definition) is 2. The molecule has 0 saturated carbocycles. The van der Waals surface area contributed by atoms with Crippen molar-refractivity contribution in [3.05, 3.63) is 51.7 Å². The Labute approximate surface area is 102 Å². The number of anilines is 1. The van der Waals surface area contributed by atoms with E-state index in [0.717, 1.165) is 5.56 Å². The Kier molecular flexibility index (Phi) is 3.05. The summed E-state index contributed by atoms with van der Waals surface area (Å²) in [5.41, 5.74) is 0.572. The van der Waals surface area contributed by atoms with Crippen LogP contribution in [0.2, 0.25) is 0 Å². The first-order chi connectivity index (χ1) is 8.58. The summed E-state index contributed by atoms with van der Waals surface area (Å²) in [5, 5.41) is 19.6. The minimum absolute atomic E-state index is 0.0228. The molecule has 0 spiro atoms. The van der Waals surface area contributed by atoms with Crippen molar-refractivity contribution in [1.29, 1.82) is 0 Å². The third-order valence-electron chi connectivity index (χ3n) is 2.34. The Balaban J connectivity index is 2.34. The van der Waals surface area contributed by atoms with Crippen LogP contribution >= 0.6 is 0 Å². The van der Waals surface area contributed by atoms with Gasteiger partial charge in [-0.15, -0.1) is 0 Å². The fraction of sp³-hybridized carbons (Fsp3) is 0.0909. The van der Waals surface area contributed by atoms with Gasteiger partial charge in [0, 0.05) is 12.1 Å². The number of amides is 1. The smallest absolute Gasteiger partial charge is 0.282 e. The van der Waals surface area contributed by atoms with Crippen LogP contribution < -0.4 is 5.32 Å². The van der Waals surface area contributed by atoms with Crippen molar-refractivity contribution in [2.45, 2.75) is 6.92 Å². The monoisotopic (exact) mass is 246 g/mol. The molecular weight excluding hydrogens is 236 g/mol. The quantitative estimate of drug-likeness (QED) is 0.637. The second-order valence-electron chi connectivity index (χ2n) is 3.70. The maximum atomic E-state index is 11.9. The molecule has 7 heteroatoms. The van der Waals surface area contributed by atoms with E-state index < -0.39 is 10.8 Å². The highest BCUT2D eigenvalue weighted by atomic mass is 16.6. The van der Waals surface area contributed by atoms with Gasteiger partial charge in [-0.25, -0.2) is 0 Å². The molecule has 1 amide bonds. The first-order valence-corrected chi connectivity index (χ1v) is 5.13. The van der Waals surface area contributed by atoms with E-state index >= 15 is 0 Å². The number of rotatable bonds is 3. The summed E-state index contributed by atoms with van der Waals surface area (Å²) >= 11 is 0. The fourth-order valence-electron chi connectivity index (χ4n) is 1.51. The molecule has 0 saturated heterocycles. The minimum atomic E-state index is -0.582. The number of aromatic amines is 1. The van der Waals surface area contributed by atoms with Gasteiger partial charge in [0.2, 0.25) is 0 Å². The van der Waals surface area contributed by atoms with Crippen molar-refractivity contribution in [2.24, 2.45) is 0 Å². The molecule has 0 radical (unpaired) electrons. The van der Waals surface area contributed by atoms with Crippen LogP contribution in [-0.2, 0) is 0 Å². The Bertz CT molecular complexity index is 592. The average molecular weight is 246 g/mol. The van der Waals surface area contributed by atoms with Crippen LogP contribution in [-0.4, -0.2) is 21.0 Å². The molecule has 7 nitrogen and oxygen atoms in total. The first-order valence-electron chi connectivity index (χ1n) is 5.13. The Morgan fingerprint density at radius 3 is 2.83 bits per heavy atom. The third kappa shape index (κ3) is 2.34. The zero-order valence-electron chi connectivity index (χ0n) is 9.51. The van der Waals surface area contributed by atoms with Crippen LogP contribution in [0.1, 0.15) is 15.9 Å². The molecule has 2 N–H and O–H groups in total. The number of benzene rings is 1. The molecular formula is C11H10N4O3. The predicted molar refractivity (Wildman–Crippen MR) is 64.4 cm³/mol. The lowest BCUT2D eigenvalue weighted by Crippen LogP contribution is -2.14. The predicted octanol–water partition coefficient (Wildman–Crippen LogP) is 1.88. The van der Waals surface area contributed by atoms with E-state index in [1.165, 1.54) is 18.3 Å². The number of hydrogen-bond acceptors (Lipinski definition) is 4. The standard InChI is InChI=1S/C11H10N4O3/c1-7-2-3-9(15(17)18)8(6-7)11(16)13-10-4-5-12-14-10/h2-6H,1H3,(H2,12,13,14,16). The van der Waals surface area contributed by atoms with Crippen molar-refractivity contribution in [1.82, 2.24) is 10.2 Å². The molecule has 0 atom stereocenters. The lowest BCUT2D eigenvalue weighted by Gasteiger charge is -2.04. The van der Waals surface area contributed by atoms with E-state index in [4.69, 9.17) is 0 Å². The summed E-state index contributed by atoms with van der Waals surface area (Å²) in [6, 6.07) is 5.94. The number of nitro benzene ring substituents is 1. The zero-order valence-corrected chi connectivity index (χ0v) is 9.51. The summed E-state index contributed by atoms with van der Waals surface area (Å²) < 4.78 is 0. The van der Waals surface area contributed by atoms with Crippen molar-refractivity contribution < 1.29 is 9.72 Å². The van der Waals surface area contributed by atoms with Crippen molar-refractivity contribution in [2.75, 3.05) is 5.32 Å². The number of carbonyl (C=O) groups is 1. The van der Waals surface area contributed by atoms with Gasteiger partial charge in [0.15, 0.2) is 0 Å². The maximum Gasteiger partial charge on any atom is 0.282 e. The molecule has 0 aliphatic rings. The fourth-order valence-corrected chi connectivity index (χ4v) is 1.51. The molecule has 1 heterocycles. The Hall–Kier alpha value is -2.70. The van der Waals surface area contributed by atoms with E-state index in [9.17, 15) is 14.9 Å². The molecule has 0 unspecified atom stereocenters. The maximum absolute atomic E-state index is 11.9. The molecule has 0 aliphatic heterocycles. The van der Waals surface area contributed by atoms with Crippen LogP contribution in [0.3, 0.4) is 0 Å². The highest BCUT2D eigenvalue weighted by Crippen LogP contribution is 2.20. The second kappa shape index (κ2) is 4.66. The van der Waals surface area contributed by atoms with Crippen LogP contribution in [0.5, 0.6) is 0 Å². The van der Waals surface area contributed by atoms with Crippen molar-refractivity contribution >= 4 is 17.4 Å². The first kappa shape index (κ1) is 11.8. The summed E-state index contributed by atoms with van der Waals surface area (Å²) in [4.78, 5) is 22.2. The van der Waals surface area contributed by atoms with E-state index in [-0.39, 0.29) is 11.3 Å². The summed E-state index contributed by atoms with van der Waals surface area (Å²) in [5.74, 6) is -0.162. The molecule has 1 aromatic heterocycles. The number of carbonyl (C=O) groups excluding carboxylic acids is 1. The number of H-pyrrole nitrogens is 1. The third-order valence-corrected chi connectivity index (χ3v) is 2.34. The van der Waals surface area contributed by atoms with E-state index in [0.29, 0.717) is 5.82 Å². The summed E-state index contributed by atoms with van der Waals surface area (Å²) in [7, 11) is 0. The van der Waals surface area contributed by atoms with E-state index in [1.807, 2.05) is 0 Å². The van der Waals surface area contributed by atoms with Gasteiger partial charge in [-0.1, -0.05) is 6.07 Å². The van der Waals surface area contributed by atoms with Gasteiger partial charge >= 0.3 is 0 Å². The normalized spacial score (nSPS) is 10.1. The SMILES string of the molecule is Cc1ccc([N+](=O)[O-])c(C(=O)Nc2ccn[nH]2)c1. The largest absolute Gasteiger partial charge is 0.307 e. The molecule has 0 aliphatic carbocycles. The Morgan fingerprint density at radius 2 is 2.22 bits per heavy atom. The van der Waals surface area contributed by atoms with Gasteiger partial charge in [-0.2, -0.15) is 5.10 Å². The summed E-state index contributed by atoms with van der Waals surface area (Å²) in [6.45, 7) is 1.76. The zero-order chi connectivity index (χ0) is 13.1. The van der Waals surface area contributed by atoms with Crippen molar-refractivity contribution in [3.63, 3.8) is 0 Å². The van der Waals surface area contributed by atoms with Crippen LogP contribution in [0.25, 0.3) is 0 Å². The molecule has 0 fully saturated rings. The highest BCUT2D eigenvalue weighted by Gasteiger charge is 2.20. The number of nitrogens with one attached hydrogen (secondary N) is 2. The van der Waals surface area contributed by atoms with Gasteiger partial charge in [-0.3, -0.25) is 20.0 Å². The van der Waals surface area contributed by atoms with Crippen molar-refractivity contribution in [3.8, 4) is 0 Å². The van der Waals surface area contributed by atoms with E-state index in [1.54, 1.807) is 19.1 Å². The van der Waals surface area contributed by atoms with Gasteiger partial charge in [0.25, 0.3) is 11.6 Å². The highest BCUT2D eigenvalue weighted by molar-refractivity contribution is 6.06. The van der Waals surface area contributed by atoms with Gasteiger partial charge < -0.3 is 5.32 Å². The Morgan fingerprint density at radius 1 is 1.44 bits per heavy atom. The molecule has 18 heavy (non-hydrogen) atoms. The number of nitrogens with zero attached hydrogens (tertiary/aromatic N) is 2. The molecule has 1 aromatic carbocycles. The topological polar surface area (TPSA) is 101 Å². The lowest BCUT2D eigenvalue weighted by atomic mass is 10.1. The second-order valence-corrected chi connectivity index (χ2v) is 3.70. The average Bonchev–Trinajstić information content (AvgIpc) is 2.81. The molecule has 2 rings (SSSR count). The van der Waals surface area contributed by atoms with Gasteiger partial charge in [0.1, 0.15) is 11.4 Å². The van der Waals surface area contributed by atoms with Gasteiger partial charge in [0.05, 0.1) is 11.1 Å². The van der Waals surface area contributed by atoms with E-state index in [2.05, 4.69) is 15.5 Å². The summed E-state index contributed by atoms with van der Waals surface area (Å²) in [6.07, 6.45) is 1.47. The number of nitro groups is 1. The molecule has 2 aromatic rings. The van der Waals surface area contributed by atoms with Crippen LogP contribution in [0, 0.1) is 17.0 Å². The minimum Gasteiger partial charge on any atom is -0.307 e. The molecule has 0 bridgehead atoms. The lowest BCUT2D eigenvalue weighted by molar-refractivity contribution is -0.385. The molecule has 92 valence electrons.